The van der Waals surface area contributed by atoms with Crippen molar-refractivity contribution in [1.29, 1.82) is 0 Å². The first kappa shape index (κ1) is 18.8. The van der Waals surface area contributed by atoms with Crippen LogP contribution in [0.3, 0.4) is 0 Å². The number of aromatic nitrogens is 4. The van der Waals surface area contributed by atoms with Crippen molar-refractivity contribution in [3.05, 3.63) is 83.4 Å². The van der Waals surface area contributed by atoms with Crippen molar-refractivity contribution in [1.82, 2.24) is 20.2 Å². The summed E-state index contributed by atoms with van der Waals surface area (Å²) >= 11 is 6.16. The fourth-order valence-electron chi connectivity index (χ4n) is 2.74. The van der Waals surface area contributed by atoms with Crippen LogP contribution in [0.25, 0.3) is 5.69 Å². The predicted molar refractivity (Wildman–Crippen MR) is 111 cm³/mol. The van der Waals surface area contributed by atoms with Crippen molar-refractivity contribution in [3.63, 3.8) is 0 Å². The molecule has 0 aliphatic carbocycles. The van der Waals surface area contributed by atoms with E-state index >= 15 is 0 Å². The molecular weight excluding hydrogens is 390 g/mol. The van der Waals surface area contributed by atoms with Gasteiger partial charge in [0.15, 0.2) is 0 Å². The van der Waals surface area contributed by atoms with Gasteiger partial charge in [0.1, 0.15) is 11.5 Å². The number of rotatable bonds is 7. The fourth-order valence-corrected chi connectivity index (χ4v) is 2.99. The van der Waals surface area contributed by atoms with Crippen LogP contribution < -0.4 is 14.8 Å². The summed E-state index contributed by atoms with van der Waals surface area (Å²) < 4.78 is 12.5. The largest absolute Gasteiger partial charge is 0.495 e. The molecule has 0 aliphatic heterocycles. The maximum atomic E-state index is 6.16. The summed E-state index contributed by atoms with van der Waals surface area (Å²) in [4.78, 5) is 0. The quantitative estimate of drug-likeness (QED) is 0.477. The molecular formula is C21H18ClN5O2. The van der Waals surface area contributed by atoms with Crippen LogP contribution in [0.4, 0.5) is 5.69 Å². The van der Waals surface area contributed by atoms with E-state index in [0.29, 0.717) is 29.1 Å². The minimum atomic E-state index is 0.301. The number of anilines is 1. The molecule has 3 aromatic carbocycles. The van der Waals surface area contributed by atoms with Crippen LogP contribution >= 0.6 is 11.6 Å². The molecule has 146 valence electrons. The van der Waals surface area contributed by atoms with Gasteiger partial charge >= 0.3 is 6.01 Å². The molecule has 0 radical (unpaired) electrons. The summed E-state index contributed by atoms with van der Waals surface area (Å²) in [5.74, 6) is 1.30. The number of nitrogens with one attached hydrogen (secondary N) is 1. The van der Waals surface area contributed by atoms with Gasteiger partial charge in [-0.15, -0.1) is 0 Å². The maximum Gasteiger partial charge on any atom is 0.345 e. The second-order valence-electron chi connectivity index (χ2n) is 6.16. The lowest BCUT2D eigenvalue weighted by atomic mass is 10.2. The van der Waals surface area contributed by atoms with Crippen molar-refractivity contribution in [2.75, 3.05) is 12.4 Å². The Balaban J connectivity index is 1.40. The average molecular weight is 408 g/mol. The molecule has 0 bridgehead atoms. The molecule has 0 unspecified atom stereocenters. The van der Waals surface area contributed by atoms with Crippen LogP contribution in [-0.2, 0) is 6.54 Å². The van der Waals surface area contributed by atoms with Crippen LogP contribution in [0.2, 0.25) is 5.02 Å². The van der Waals surface area contributed by atoms with Gasteiger partial charge in [0.25, 0.3) is 0 Å². The Kier molecular flexibility index (Phi) is 5.58. The number of hydrogen-bond acceptors (Lipinski definition) is 6. The van der Waals surface area contributed by atoms with Gasteiger partial charge in [-0.1, -0.05) is 47.0 Å². The van der Waals surface area contributed by atoms with E-state index in [-0.39, 0.29) is 0 Å². The molecule has 0 fully saturated rings. The van der Waals surface area contributed by atoms with Gasteiger partial charge in [-0.05, 0) is 58.5 Å². The van der Waals surface area contributed by atoms with Gasteiger partial charge in [-0.2, -0.15) is 4.68 Å². The smallest absolute Gasteiger partial charge is 0.345 e. The maximum absolute atomic E-state index is 6.16. The molecule has 0 saturated carbocycles. The Morgan fingerprint density at radius 1 is 1.00 bits per heavy atom. The zero-order valence-corrected chi connectivity index (χ0v) is 16.4. The SMILES string of the molecule is COc1ccc(NCc2ccc(Oc3nnnn3-c3ccccc3)cc2)cc1Cl. The molecule has 4 aromatic rings. The monoisotopic (exact) mass is 407 g/mol. The Labute approximate surface area is 172 Å². The van der Waals surface area contributed by atoms with Crippen molar-refractivity contribution in [2.45, 2.75) is 6.54 Å². The number of benzene rings is 3. The first-order chi connectivity index (χ1) is 14.2. The summed E-state index contributed by atoms with van der Waals surface area (Å²) in [6.45, 7) is 0.644. The first-order valence-corrected chi connectivity index (χ1v) is 9.29. The van der Waals surface area contributed by atoms with E-state index in [0.717, 1.165) is 16.9 Å². The van der Waals surface area contributed by atoms with Crippen LogP contribution in [0, 0.1) is 0 Å². The van der Waals surface area contributed by atoms with Gasteiger partial charge in [-0.25, -0.2) is 0 Å². The van der Waals surface area contributed by atoms with E-state index in [1.165, 1.54) is 0 Å². The molecule has 0 spiro atoms. The summed E-state index contributed by atoms with van der Waals surface area (Å²) in [6.07, 6.45) is 0. The highest BCUT2D eigenvalue weighted by molar-refractivity contribution is 6.32. The second-order valence-corrected chi connectivity index (χ2v) is 6.56. The number of halogens is 1. The van der Waals surface area contributed by atoms with E-state index in [2.05, 4.69) is 20.8 Å². The first-order valence-electron chi connectivity index (χ1n) is 8.91. The van der Waals surface area contributed by atoms with Gasteiger partial charge in [0.05, 0.1) is 17.8 Å². The summed E-state index contributed by atoms with van der Waals surface area (Å²) in [5.41, 5.74) is 2.83. The standard InChI is InChI=1S/C21H18ClN5O2/c1-28-20-12-9-16(13-19(20)22)23-14-15-7-10-18(11-8-15)29-21-24-25-26-27(21)17-5-3-2-4-6-17/h2-13,23H,14H2,1H3. The van der Waals surface area contributed by atoms with Crippen LogP contribution in [-0.4, -0.2) is 27.3 Å². The molecule has 4 rings (SSSR count). The Morgan fingerprint density at radius 3 is 2.52 bits per heavy atom. The summed E-state index contributed by atoms with van der Waals surface area (Å²) in [5, 5.41) is 15.5. The highest BCUT2D eigenvalue weighted by Crippen LogP contribution is 2.27. The Hall–Kier alpha value is -3.58. The summed E-state index contributed by atoms with van der Waals surface area (Å²) in [7, 11) is 1.59. The van der Waals surface area contributed by atoms with Crippen molar-refractivity contribution in [2.24, 2.45) is 0 Å². The van der Waals surface area contributed by atoms with Crippen LogP contribution in [0.5, 0.6) is 17.5 Å². The summed E-state index contributed by atoms with van der Waals surface area (Å²) in [6, 6.07) is 23.2. The lowest BCUT2D eigenvalue weighted by molar-refractivity contribution is 0.415. The molecule has 1 aromatic heterocycles. The molecule has 1 heterocycles. The Bertz CT molecular complexity index is 1080. The third-order valence-corrected chi connectivity index (χ3v) is 4.52. The fraction of sp³-hybridized carbons (Fsp3) is 0.0952. The van der Waals surface area contributed by atoms with Crippen molar-refractivity contribution in [3.8, 4) is 23.2 Å². The second kappa shape index (κ2) is 8.62. The topological polar surface area (TPSA) is 74.1 Å². The highest BCUT2D eigenvalue weighted by Gasteiger charge is 2.10. The van der Waals surface area contributed by atoms with E-state index in [4.69, 9.17) is 21.1 Å². The minimum absolute atomic E-state index is 0.301. The molecule has 0 atom stereocenters. The Morgan fingerprint density at radius 2 is 1.79 bits per heavy atom. The van der Waals surface area contributed by atoms with E-state index < -0.39 is 0 Å². The average Bonchev–Trinajstić information content (AvgIpc) is 3.22. The lowest BCUT2D eigenvalue weighted by Crippen LogP contribution is -2.01. The van der Waals surface area contributed by atoms with E-state index in [9.17, 15) is 0 Å². The van der Waals surface area contributed by atoms with E-state index in [1.54, 1.807) is 11.8 Å². The highest BCUT2D eigenvalue weighted by atomic mass is 35.5. The number of tetrazole rings is 1. The van der Waals surface area contributed by atoms with Crippen molar-refractivity contribution < 1.29 is 9.47 Å². The van der Waals surface area contributed by atoms with Gasteiger partial charge in [0, 0.05) is 12.2 Å². The van der Waals surface area contributed by atoms with Crippen LogP contribution in [0.1, 0.15) is 5.56 Å². The van der Waals surface area contributed by atoms with E-state index in [1.807, 2.05) is 72.8 Å². The van der Waals surface area contributed by atoms with Gasteiger partial charge in [0.2, 0.25) is 0 Å². The zero-order chi connectivity index (χ0) is 20.1. The molecule has 0 amide bonds. The molecule has 0 aliphatic rings. The number of hydrogen-bond donors (Lipinski definition) is 1. The number of para-hydroxylation sites is 1. The van der Waals surface area contributed by atoms with Crippen molar-refractivity contribution >= 4 is 17.3 Å². The third kappa shape index (κ3) is 4.47. The van der Waals surface area contributed by atoms with Crippen LogP contribution in [0.15, 0.2) is 72.8 Å². The number of methoxy groups -OCH3 is 1. The molecule has 0 saturated heterocycles. The number of ether oxygens (including phenoxy) is 2. The van der Waals surface area contributed by atoms with Gasteiger partial charge in [-0.3, -0.25) is 0 Å². The molecule has 7 nitrogen and oxygen atoms in total. The predicted octanol–water partition coefficient (Wildman–Crippen LogP) is 4.73. The molecule has 29 heavy (non-hydrogen) atoms. The zero-order valence-electron chi connectivity index (χ0n) is 15.6. The lowest BCUT2D eigenvalue weighted by Gasteiger charge is -2.10. The normalized spacial score (nSPS) is 10.6. The van der Waals surface area contributed by atoms with Gasteiger partial charge < -0.3 is 14.8 Å². The number of nitrogens with zero attached hydrogens (tertiary/aromatic N) is 4. The molecule has 1 N–H and O–H groups in total. The third-order valence-electron chi connectivity index (χ3n) is 4.22. The molecule has 8 heteroatoms. The minimum Gasteiger partial charge on any atom is -0.495 e.